The Morgan fingerprint density at radius 3 is 2.72 bits per heavy atom. The van der Waals surface area contributed by atoms with E-state index in [1.807, 2.05) is 13.0 Å². The molecule has 0 saturated carbocycles. The van der Waals surface area contributed by atoms with E-state index in [2.05, 4.69) is 4.99 Å². The molecule has 0 aliphatic heterocycles. The number of benzene rings is 2. The minimum Gasteiger partial charge on any atom is -0.457 e. The molecule has 0 unspecified atom stereocenters. The van der Waals surface area contributed by atoms with E-state index >= 15 is 0 Å². The second-order valence-corrected chi connectivity index (χ2v) is 8.60. The number of halogens is 2. The van der Waals surface area contributed by atoms with E-state index in [1.54, 1.807) is 0 Å². The highest BCUT2D eigenvalue weighted by atomic mass is 32.2. The maximum Gasteiger partial charge on any atom is 0.208 e. The molecule has 0 amide bonds. The van der Waals surface area contributed by atoms with E-state index < -0.39 is 21.7 Å². The summed E-state index contributed by atoms with van der Waals surface area (Å²) in [6.45, 7) is 2.59. The third kappa shape index (κ3) is 4.46. The number of hydrogen-bond donors (Lipinski definition) is 0. The molecule has 2 aromatic rings. The van der Waals surface area contributed by atoms with Gasteiger partial charge < -0.3 is 4.74 Å². The summed E-state index contributed by atoms with van der Waals surface area (Å²) in [7, 11) is -4.10. The molecule has 1 aliphatic carbocycles. The molecule has 0 N–H and O–H groups in total. The smallest absolute Gasteiger partial charge is 0.208 e. The summed E-state index contributed by atoms with van der Waals surface area (Å²) in [4.78, 5) is 4.42. The van der Waals surface area contributed by atoms with Crippen molar-refractivity contribution >= 4 is 15.5 Å². The lowest BCUT2D eigenvalue weighted by molar-refractivity contribution is 0.470. The molecule has 0 heterocycles. The summed E-state index contributed by atoms with van der Waals surface area (Å²) in [5.41, 5.74) is 1.70. The Kier molecular flexibility index (Phi) is 6.28. The zero-order chi connectivity index (χ0) is 21.0. The van der Waals surface area contributed by atoms with Crippen LogP contribution in [0.3, 0.4) is 0 Å². The standard InChI is InChI=1S/C21H20F2N2O3S/c1-2-3-8-25-18-5-4-17-19(6-7-20(21(17)18)29(26,27)13-22)28-16-10-14(12-24)9-15(23)11-16/h6-7,9-11H,2-5,8,13H2,1H3/b25-18-. The van der Waals surface area contributed by atoms with Gasteiger partial charge in [-0.05, 0) is 43.5 Å². The van der Waals surface area contributed by atoms with Crippen molar-refractivity contribution < 1.29 is 21.9 Å². The molecule has 0 saturated heterocycles. The summed E-state index contributed by atoms with van der Waals surface area (Å²) in [6.07, 6.45) is 2.80. The number of alkyl halides is 1. The van der Waals surface area contributed by atoms with Crippen molar-refractivity contribution in [1.29, 1.82) is 5.26 Å². The highest BCUT2D eigenvalue weighted by Gasteiger charge is 2.30. The number of nitriles is 1. The van der Waals surface area contributed by atoms with Crippen LogP contribution >= 0.6 is 0 Å². The molecule has 5 nitrogen and oxygen atoms in total. The number of fused-ring (bicyclic) bond motifs is 1. The molecule has 0 aromatic heterocycles. The van der Waals surface area contributed by atoms with Crippen molar-refractivity contribution in [2.75, 3.05) is 12.6 Å². The van der Waals surface area contributed by atoms with Crippen LogP contribution in [0.5, 0.6) is 11.5 Å². The molecule has 29 heavy (non-hydrogen) atoms. The normalized spacial score (nSPS) is 14.6. The third-order valence-corrected chi connectivity index (χ3v) is 5.95. The lowest BCUT2D eigenvalue weighted by atomic mass is 10.1. The number of hydrogen-bond acceptors (Lipinski definition) is 5. The molecule has 2 aromatic carbocycles. The van der Waals surface area contributed by atoms with Gasteiger partial charge in [0.05, 0.1) is 16.5 Å². The van der Waals surface area contributed by atoms with Gasteiger partial charge in [0, 0.05) is 29.4 Å². The van der Waals surface area contributed by atoms with Crippen molar-refractivity contribution in [3.05, 3.63) is 52.8 Å². The molecule has 8 heteroatoms. The summed E-state index contributed by atoms with van der Waals surface area (Å²) >= 11 is 0. The van der Waals surface area contributed by atoms with Gasteiger partial charge in [0.2, 0.25) is 9.84 Å². The lowest BCUT2D eigenvalue weighted by Gasteiger charge is -2.14. The minimum atomic E-state index is -4.10. The summed E-state index contributed by atoms with van der Waals surface area (Å²) in [5, 5.41) is 9.01. The first-order valence-corrected chi connectivity index (χ1v) is 10.9. The highest BCUT2D eigenvalue weighted by molar-refractivity contribution is 7.91. The summed E-state index contributed by atoms with van der Waals surface area (Å²) < 4.78 is 57.3. The topological polar surface area (TPSA) is 79.5 Å². The second kappa shape index (κ2) is 8.70. The van der Waals surface area contributed by atoms with E-state index in [-0.39, 0.29) is 16.2 Å². The fourth-order valence-corrected chi connectivity index (χ4v) is 4.24. The number of unbranched alkanes of at least 4 members (excludes halogenated alkanes) is 1. The van der Waals surface area contributed by atoms with Gasteiger partial charge in [-0.25, -0.2) is 17.2 Å². The second-order valence-electron chi connectivity index (χ2n) is 6.71. The molecular weight excluding hydrogens is 398 g/mol. The Hall–Kier alpha value is -2.79. The van der Waals surface area contributed by atoms with Crippen LogP contribution in [0.2, 0.25) is 0 Å². The Bertz CT molecular complexity index is 1110. The summed E-state index contributed by atoms with van der Waals surface area (Å²) in [5.74, 6) is -0.150. The molecule has 0 radical (unpaired) electrons. The van der Waals surface area contributed by atoms with Gasteiger partial charge in [0.25, 0.3) is 0 Å². The zero-order valence-electron chi connectivity index (χ0n) is 15.9. The van der Waals surface area contributed by atoms with E-state index in [0.29, 0.717) is 42.0 Å². The van der Waals surface area contributed by atoms with Gasteiger partial charge in [-0.2, -0.15) is 5.26 Å². The first-order chi connectivity index (χ1) is 13.9. The maximum atomic E-state index is 13.7. The molecule has 1 aliphatic rings. The number of nitrogens with zero attached hydrogens (tertiary/aromatic N) is 2. The highest BCUT2D eigenvalue weighted by Crippen LogP contribution is 2.38. The van der Waals surface area contributed by atoms with Gasteiger partial charge in [-0.15, -0.1) is 0 Å². The Balaban J connectivity index is 2.09. The van der Waals surface area contributed by atoms with Gasteiger partial charge in [0.15, 0.2) is 6.01 Å². The van der Waals surface area contributed by atoms with Gasteiger partial charge in [-0.1, -0.05) is 13.3 Å². The monoisotopic (exact) mass is 418 g/mol. The predicted molar refractivity (Wildman–Crippen MR) is 105 cm³/mol. The number of ether oxygens (including phenoxy) is 1. The fourth-order valence-electron chi connectivity index (χ4n) is 3.30. The van der Waals surface area contributed by atoms with E-state index in [0.717, 1.165) is 25.0 Å². The van der Waals surface area contributed by atoms with Crippen molar-refractivity contribution in [3.63, 3.8) is 0 Å². The fraction of sp³-hybridized carbons (Fsp3) is 0.333. The average molecular weight is 418 g/mol. The van der Waals surface area contributed by atoms with Crippen LogP contribution in [0.25, 0.3) is 0 Å². The van der Waals surface area contributed by atoms with Gasteiger partial charge >= 0.3 is 0 Å². The van der Waals surface area contributed by atoms with Crippen molar-refractivity contribution in [2.24, 2.45) is 4.99 Å². The van der Waals surface area contributed by atoms with E-state index in [1.165, 1.54) is 18.2 Å². The Labute approximate surface area is 168 Å². The van der Waals surface area contributed by atoms with Crippen LogP contribution in [0.1, 0.15) is 42.9 Å². The van der Waals surface area contributed by atoms with Crippen molar-refractivity contribution in [2.45, 2.75) is 37.5 Å². The molecular formula is C21H20F2N2O3S. The third-order valence-electron chi connectivity index (χ3n) is 4.65. The lowest BCUT2D eigenvalue weighted by Crippen LogP contribution is -2.10. The first-order valence-electron chi connectivity index (χ1n) is 9.26. The van der Waals surface area contributed by atoms with Crippen LogP contribution < -0.4 is 4.74 Å². The SMILES string of the molecule is CCCC/N=C1/CCc2c(Oc3cc(F)cc(C#N)c3)ccc(S(=O)(=O)CF)c21. The molecule has 0 bridgehead atoms. The Morgan fingerprint density at radius 2 is 2.03 bits per heavy atom. The number of aliphatic imine (C=N–C) groups is 1. The largest absolute Gasteiger partial charge is 0.457 e. The van der Waals surface area contributed by atoms with Crippen LogP contribution in [-0.4, -0.2) is 26.7 Å². The Morgan fingerprint density at radius 1 is 1.24 bits per heavy atom. The summed E-state index contributed by atoms with van der Waals surface area (Å²) in [6, 6.07) is 6.72. The molecule has 0 spiro atoms. The molecule has 0 atom stereocenters. The van der Waals surface area contributed by atoms with Gasteiger partial charge in [-0.3, -0.25) is 4.99 Å². The van der Waals surface area contributed by atoms with Crippen LogP contribution in [0, 0.1) is 17.1 Å². The zero-order valence-corrected chi connectivity index (χ0v) is 16.7. The van der Waals surface area contributed by atoms with Crippen molar-refractivity contribution in [3.8, 4) is 17.6 Å². The van der Waals surface area contributed by atoms with Crippen LogP contribution in [0.4, 0.5) is 8.78 Å². The average Bonchev–Trinajstić information content (AvgIpc) is 3.12. The van der Waals surface area contributed by atoms with Crippen LogP contribution in [0.15, 0.2) is 40.2 Å². The van der Waals surface area contributed by atoms with Crippen molar-refractivity contribution in [1.82, 2.24) is 0 Å². The quantitative estimate of drug-likeness (QED) is 0.609. The number of rotatable bonds is 7. The predicted octanol–water partition coefficient (Wildman–Crippen LogP) is 4.73. The minimum absolute atomic E-state index is 0.105. The molecule has 0 fully saturated rings. The molecule has 3 rings (SSSR count). The first kappa shape index (κ1) is 20.9. The maximum absolute atomic E-state index is 13.7. The molecule has 152 valence electrons. The van der Waals surface area contributed by atoms with Crippen LogP contribution in [-0.2, 0) is 16.3 Å². The van der Waals surface area contributed by atoms with E-state index in [4.69, 9.17) is 10.00 Å². The number of sulfone groups is 1. The van der Waals surface area contributed by atoms with E-state index in [9.17, 15) is 17.2 Å². The van der Waals surface area contributed by atoms with Gasteiger partial charge in [0.1, 0.15) is 17.3 Å².